The van der Waals surface area contributed by atoms with Crippen LogP contribution >= 0.6 is 0 Å². The lowest BCUT2D eigenvalue weighted by Gasteiger charge is -2.17. The largest absolute Gasteiger partial charge is 0.344 e. The molecule has 0 bridgehead atoms. The van der Waals surface area contributed by atoms with Crippen molar-refractivity contribution in [2.75, 3.05) is 0 Å². The van der Waals surface area contributed by atoms with Crippen molar-refractivity contribution in [3.8, 4) is 0 Å². The van der Waals surface area contributed by atoms with Gasteiger partial charge in [0.1, 0.15) is 4.90 Å². The first kappa shape index (κ1) is 23.6. The standard InChI is InChI=1S/C22H32O3S.H3N/c1-3-5-7-9-13-18-17-19-14-11-12-16-21(19)22(26(23,24)25)20(18)15-10-8-6-4-2;/h11-12,14,16-17H,3-10,13,15H2,1-2H3,(H,23,24,25);1H3. The molecule has 0 aromatic heterocycles. The minimum Gasteiger partial charge on any atom is -0.344 e. The fourth-order valence-corrected chi connectivity index (χ4v) is 4.68. The summed E-state index contributed by atoms with van der Waals surface area (Å²) in [7, 11) is -4.26. The Kier molecular flexibility index (Phi) is 9.99. The van der Waals surface area contributed by atoms with E-state index in [0.29, 0.717) is 11.8 Å². The van der Waals surface area contributed by atoms with E-state index >= 15 is 0 Å². The molecule has 0 aliphatic rings. The molecule has 27 heavy (non-hydrogen) atoms. The van der Waals surface area contributed by atoms with E-state index in [1.165, 1.54) is 12.8 Å². The molecular weight excluding hydrogens is 358 g/mol. The third kappa shape index (κ3) is 6.59. The van der Waals surface area contributed by atoms with E-state index in [-0.39, 0.29) is 11.0 Å². The molecule has 0 aliphatic carbocycles. The number of unbranched alkanes of at least 4 members (excludes halogenated alkanes) is 6. The van der Waals surface area contributed by atoms with E-state index < -0.39 is 10.1 Å². The number of hydrogen-bond acceptors (Lipinski definition) is 3. The highest BCUT2D eigenvalue weighted by Crippen LogP contribution is 2.32. The van der Waals surface area contributed by atoms with Crippen molar-refractivity contribution >= 4 is 20.9 Å². The van der Waals surface area contributed by atoms with Gasteiger partial charge < -0.3 is 6.15 Å². The first-order valence-electron chi connectivity index (χ1n) is 10.00. The van der Waals surface area contributed by atoms with Gasteiger partial charge in [-0.15, -0.1) is 0 Å². The maximum Gasteiger partial charge on any atom is 0.295 e. The first-order chi connectivity index (χ1) is 12.5. The van der Waals surface area contributed by atoms with Crippen LogP contribution in [0.2, 0.25) is 0 Å². The normalized spacial score (nSPS) is 11.5. The van der Waals surface area contributed by atoms with Gasteiger partial charge in [-0.3, -0.25) is 4.55 Å². The average Bonchev–Trinajstić information content (AvgIpc) is 2.61. The number of aryl methyl sites for hydroxylation is 1. The molecule has 2 rings (SSSR count). The highest BCUT2D eigenvalue weighted by atomic mass is 32.2. The van der Waals surface area contributed by atoms with E-state index in [2.05, 4.69) is 19.9 Å². The van der Waals surface area contributed by atoms with Crippen molar-refractivity contribution in [1.29, 1.82) is 0 Å². The Balaban J connectivity index is 0.00000364. The summed E-state index contributed by atoms with van der Waals surface area (Å²) < 4.78 is 34.5. The third-order valence-corrected chi connectivity index (χ3v) is 6.02. The van der Waals surface area contributed by atoms with Crippen LogP contribution in [-0.4, -0.2) is 13.0 Å². The highest BCUT2D eigenvalue weighted by Gasteiger charge is 2.22. The summed E-state index contributed by atoms with van der Waals surface area (Å²) >= 11 is 0. The molecule has 0 saturated carbocycles. The van der Waals surface area contributed by atoms with Crippen LogP contribution in [0.5, 0.6) is 0 Å². The van der Waals surface area contributed by atoms with Crippen molar-refractivity contribution in [1.82, 2.24) is 6.15 Å². The van der Waals surface area contributed by atoms with Crippen molar-refractivity contribution < 1.29 is 13.0 Å². The molecule has 0 atom stereocenters. The van der Waals surface area contributed by atoms with Crippen molar-refractivity contribution in [3.05, 3.63) is 41.5 Å². The molecule has 0 saturated heterocycles. The summed E-state index contributed by atoms with van der Waals surface area (Å²) in [6.45, 7) is 4.35. The number of rotatable bonds is 11. The van der Waals surface area contributed by atoms with Crippen molar-refractivity contribution in [2.24, 2.45) is 0 Å². The summed E-state index contributed by atoms with van der Waals surface area (Å²) in [5.41, 5.74) is 1.92. The third-order valence-electron chi connectivity index (χ3n) is 5.03. The summed E-state index contributed by atoms with van der Waals surface area (Å²) in [4.78, 5) is 0.137. The van der Waals surface area contributed by atoms with Gasteiger partial charge in [0, 0.05) is 5.39 Å². The highest BCUT2D eigenvalue weighted by molar-refractivity contribution is 7.86. The van der Waals surface area contributed by atoms with Gasteiger partial charge in [0.25, 0.3) is 10.1 Å². The zero-order valence-corrected chi connectivity index (χ0v) is 17.7. The first-order valence-corrected chi connectivity index (χ1v) is 11.4. The van der Waals surface area contributed by atoms with Gasteiger partial charge >= 0.3 is 0 Å². The number of benzene rings is 2. The predicted octanol–water partition coefficient (Wildman–Crippen LogP) is 6.49. The van der Waals surface area contributed by atoms with Gasteiger partial charge in [-0.25, -0.2) is 0 Å². The molecule has 4 N–H and O–H groups in total. The summed E-state index contributed by atoms with van der Waals surface area (Å²) in [5, 5.41) is 1.53. The van der Waals surface area contributed by atoms with E-state index in [0.717, 1.165) is 61.5 Å². The molecule has 0 spiro atoms. The molecule has 4 nitrogen and oxygen atoms in total. The van der Waals surface area contributed by atoms with Crippen LogP contribution in [0.15, 0.2) is 35.2 Å². The molecule has 152 valence electrons. The van der Waals surface area contributed by atoms with Crippen LogP contribution in [-0.2, 0) is 23.0 Å². The molecule has 0 unspecified atom stereocenters. The fourth-order valence-electron chi connectivity index (χ4n) is 3.68. The number of fused-ring (bicyclic) bond motifs is 1. The Bertz CT molecular complexity index is 816. The monoisotopic (exact) mass is 393 g/mol. The maximum atomic E-state index is 12.2. The minimum absolute atomic E-state index is 0. The van der Waals surface area contributed by atoms with Crippen LogP contribution in [0, 0.1) is 0 Å². The number of hydrogen-bond donors (Lipinski definition) is 2. The zero-order chi connectivity index (χ0) is 19.0. The molecule has 2 aromatic carbocycles. The Morgan fingerprint density at radius 2 is 1.44 bits per heavy atom. The molecule has 0 radical (unpaired) electrons. The Hall–Kier alpha value is -1.43. The van der Waals surface area contributed by atoms with Crippen LogP contribution in [0.4, 0.5) is 0 Å². The van der Waals surface area contributed by atoms with Gasteiger partial charge in [-0.2, -0.15) is 8.42 Å². The van der Waals surface area contributed by atoms with Gasteiger partial charge in [-0.1, -0.05) is 82.7 Å². The van der Waals surface area contributed by atoms with Gasteiger partial charge in [-0.05, 0) is 42.2 Å². The Morgan fingerprint density at radius 1 is 0.852 bits per heavy atom. The lowest BCUT2D eigenvalue weighted by molar-refractivity contribution is 0.482. The summed E-state index contributed by atoms with van der Waals surface area (Å²) in [6.07, 6.45) is 10.5. The van der Waals surface area contributed by atoms with E-state index in [9.17, 15) is 13.0 Å². The Labute approximate surface area is 164 Å². The van der Waals surface area contributed by atoms with Crippen LogP contribution in [0.25, 0.3) is 10.8 Å². The Morgan fingerprint density at radius 3 is 2.04 bits per heavy atom. The van der Waals surface area contributed by atoms with Crippen molar-refractivity contribution in [2.45, 2.75) is 83.0 Å². The van der Waals surface area contributed by atoms with E-state index in [4.69, 9.17) is 0 Å². The topological polar surface area (TPSA) is 89.4 Å². The smallest absolute Gasteiger partial charge is 0.295 e. The molecule has 0 fully saturated rings. The second-order valence-electron chi connectivity index (χ2n) is 7.16. The summed E-state index contributed by atoms with van der Waals surface area (Å²) in [5.74, 6) is 0. The molecular formula is C22H35NO3S. The zero-order valence-electron chi connectivity index (χ0n) is 16.8. The molecule has 2 aromatic rings. The predicted molar refractivity (Wildman–Crippen MR) is 114 cm³/mol. The van der Waals surface area contributed by atoms with E-state index in [1.807, 2.05) is 18.2 Å². The molecule has 0 amide bonds. The second-order valence-corrected chi connectivity index (χ2v) is 8.52. The van der Waals surface area contributed by atoms with E-state index in [1.54, 1.807) is 6.07 Å². The summed E-state index contributed by atoms with van der Waals surface area (Å²) in [6, 6.07) is 9.61. The SMILES string of the molecule is CCCCCCc1cc2ccccc2c(S(=O)(=O)O)c1CCCCCC.N. The van der Waals surface area contributed by atoms with Crippen molar-refractivity contribution in [3.63, 3.8) is 0 Å². The van der Waals surface area contributed by atoms with Crippen LogP contribution in [0.3, 0.4) is 0 Å². The maximum absolute atomic E-state index is 12.2. The molecule has 5 heteroatoms. The quantitative estimate of drug-likeness (QED) is 0.337. The average molecular weight is 394 g/mol. The van der Waals surface area contributed by atoms with Crippen LogP contribution in [0.1, 0.15) is 76.3 Å². The van der Waals surface area contributed by atoms with Crippen LogP contribution < -0.4 is 6.15 Å². The second kappa shape index (κ2) is 11.4. The minimum atomic E-state index is -4.26. The molecule has 0 heterocycles. The lowest BCUT2D eigenvalue weighted by Crippen LogP contribution is -2.08. The van der Waals surface area contributed by atoms with Gasteiger partial charge in [0.2, 0.25) is 0 Å². The fraction of sp³-hybridized carbons (Fsp3) is 0.545. The van der Waals surface area contributed by atoms with Gasteiger partial charge in [0.05, 0.1) is 0 Å². The lowest BCUT2D eigenvalue weighted by atomic mass is 9.93. The van der Waals surface area contributed by atoms with Gasteiger partial charge in [0.15, 0.2) is 0 Å². The molecule has 0 aliphatic heterocycles.